The Kier molecular flexibility index (Phi) is 9.51. The molecule has 0 N–H and O–H groups in total. The molecule has 0 bridgehead atoms. The third-order valence-corrected chi connectivity index (χ3v) is 4.41. The summed E-state index contributed by atoms with van der Waals surface area (Å²) in [5.74, 6) is 2.55. The van der Waals surface area contributed by atoms with E-state index >= 15 is 0 Å². The van der Waals surface area contributed by atoms with Crippen LogP contribution in [0.25, 0.3) is 0 Å². The second kappa shape index (κ2) is 10.8. The predicted molar refractivity (Wildman–Crippen MR) is 85.9 cm³/mol. The van der Waals surface area contributed by atoms with Crippen molar-refractivity contribution in [1.29, 1.82) is 0 Å². The molecule has 0 spiro atoms. The second-order valence-corrected chi connectivity index (χ2v) is 6.42. The van der Waals surface area contributed by atoms with Crippen molar-refractivity contribution in [2.24, 2.45) is 0 Å². The van der Waals surface area contributed by atoms with E-state index in [-0.39, 0.29) is 0 Å². The van der Waals surface area contributed by atoms with Gasteiger partial charge in [0.05, 0.1) is 0 Å². The van der Waals surface area contributed by atoms with Gasteiger partial charge in [0.15, 0.2) is 0 Å². The molecule has 1 rings (SSSR count). The lowest BCUT2D eigenvalue weighted by atomic mass is 10.1. The summed E-state index contributed by atoms with van der Waals surface area (Å²) in [4.78, 5) is 0. The lowest BCUT2D eigenvalue weighted by Gasteiger charge is -2.03. The molecule has 0 unspecified atom stereocenters. The number of rotatable bonds is 10. The molecule has 0 aliphatic carbocycles. The van der Waals surface area contributed by atoms with Crippen LogP contribution >= 0.6 is 23.4 Å². The van der Waals surface area contributed by atoms with Gasteiger partial charge >= 0.3 is 0 Å². The van der Waals surface area contributed by atoms with Crippen molar-refractivity contribution in [3.05, 3.63) is 34.9 Å². The Hall–Kier alpha value is -0.140. The zero-order chi connectivity index (χ0) is 13.1. The van der Waals surface area contributed by atoms with E-state index in [2.05, 4.69) is 30.8 Å². The Morgan fingerprint density at radius 2 is 1.56 bits per heavy atom. The van der Waals surface area contributed by atoms with Crippen LogP contribution < -0.4 is 0 Å². The van der Waals surface area contributed by atoms with Crippen molar-refractivity contribution in [3.8, 4) is 0 Å². The molecule has 0 fully saturated rings. The summed E-state index contributed by atoms with van der Waals surface area (Å²) in [6.07, 6.45) is 9.55. The lowest BCUT2D eigenvalue weighted by Crippen LogP contribution is -1.90. The van der Waals surface area contributed by atoms with Gasteiger partial charge in [-0.3, -0.25) is 0 Å². The van der Waals surface area contributed by atoms with Crippen LogP contribution in [0.5, 0.6) is 0 Å². The summed E-state index contributed by atoms with van der Waals surface area (Å²) >= 11 is 7.94. The molecular weight excluding hydrogens is 260 g/mol. The first-order valence-electron chi connectivity index (χ1n) is 7.15. The van der Waals surface area contributed by atoms with Gasteiger partial charge in [0.25, 0.3) is 0 Å². The molecule has 0 aliphatic heterocycles. The highest BCUT2D eigenvalue weighted by molar-refractivity contribution is 7.99. The lowest BCUT2D eigenvalue weighted by molar-refractivity contribution is 0.627. The van der Waals surface area contributed by atoms with E-state index in [0.29, 0.717) is 0 Å². The molecule has 0 atom stereocenters. The quantitative estimate of drug-likeness (QED) is 0.477. The number of hydrogen-bond acceptors (Lipinski definition) is 1. The van der Waals surface area contributed by atoms with E-state index in [1.54, 1.807) is 0 Å². The first-order valence-corrected chi connectivity index (χ1v) is 8.68. The first kappa shape index (κ1) is 15.9. The summed E-state index contributed by atoms with van der Waals surface area (Å²) in [7, 11) is 0. The molecule has 0 nitrogen and oxygen atoms in total. The predicted octanol–water partition coefficient (Wildman–Crippen LogP) is 5.98. The number of halogens is 1. The van der Waals surface area contributed by atoms with Gasteiger partial charge in [-0.15, -0.1) is 0 Å². The SMILES string of the molecule is CCCCCCCCSCCc1ccc(Cl)cc1. The summed E-state index contributed by atoms with van der Waals surface area (Å²) in [5.41, 5.74) is 1.40. The van der Waals surface area contributed by atoms with Gasteiger partial charge in [-0.1, -0.05) is 62.8 Å². The van der Waals surface area contributed by atoms with Crippen molar-refractivity contribution >= 4 is 23.4 Å². The van der Waals surface area contributed by atoms with Crippen LogP contribution in [-0.2, 0) is 6.42 Å². The Labute approximate surface area is 122 Å². The fourth-order valence-corrected chi connectivity index (χ4v) is 3.05. The number of benzene rings is 1. The van der Waals surface area contributed by atoms with E-state index in [9.17, 15) is 0 Å². The smallest absolute Gasteiger partial charge is 0.0406 e. The minimum Gasteiger partial charge on any atom is -0.162 e. The Bertz CT molecular complexity index is 294. The first-order chi connectivity index (χ1) is 8.83. The van der Waals surface area contributed by atoms with Gasteiger partial charge in [0.2, 0.25) is 0 Å². The van der Waals surface area contributed by atoms with Crippen molar-refractivity contribution in [3.63, 3.8) is 0 Å². The maximum atomic E-state index is 5.86. The standard InChI is InChI=1S/C16H25ClS/c1-2-3-4-5-6-7-13-18-14-12-15-8-10-16(17)11-9-15/h8-11H,2-7,12-14H2,1H3. The Balaban J connectivity index is 1.91. The van der Waals surface area contributed by atoms with E-state index in [1.165, 1.54) is 55.6 Å². The monoisotopic (exact) mass is 284 g/mol. The average Bonchev–Trinajstić information content (AvgIpc) is 2.39. The van der Waals surface area contributed by atoms with Crippen LogP contribution in [0.1, 0.15) is 51.0 Å². The molecule has 0 saturated heterocycles. The molecule has 0 saturated carbocycles. The maximum Gasteiger partial charge on any atom is 0.0406 e. The number of hydrogen-bond donors (Lipinski definition) is 0. The fraction of sp³-hybridized carbons (Fsp3) is 0.625. The van der Waals surface area contributed by atoms with E-state index in [1.807, 2.05) is 12.1 Å². The highest BCUT2D eigenvalue weighted by Gasteiger charge is 1.95. The van der Waals surface area contributed by atoms with E-state index in [4.69, 9.17) is 11.6 Å². The zero-order valence-corrected chi connectivity index (χ0v) is 13.0. The number of aryl methyl sites for hydroxylation is 1. The fourth-order valence-electron chi connectivity index (χ4n) is 1.93. The summed E-state index contributed by atoms with van der Waals surface area (Å²) in [6.45, 7) is 2.27. The molecule has 0 heterocycles. The normalized spacial score (nSPS) is 10.8. The molecule has 1 aromatic carbocycles. The molecule has 0 radical (unpaired) electrons. The van der Waals surface area contributed by atoms with Gasteiger partial charge in [-0.25, -0.2) is 0 Å². The largest absolute Gasteiger partial charge is 0.162 e. The molecule has 0 aliphatic rings. The van der Waals surface area contributed by atoms with Crippen molar-refractivity contribution in [2.75, 3.05) is 11.5 Å². The number of thioether (sulfide) groups is 1. The molecule has 2 heteroatoms. The number of unbranched alkanes of at least 4 members (excludes halogenated alkanes) is 5. The maximum absolute atomic E-state index is 5.86. The average molecular weight is 285 g/mol. The van der Waals surface area contributed by atoms with Crippen molar-refractivity contribution in [1.82, 2.24) is 0 Å². The summed E-state index contributed by atoms with van der Waals surface area (Å²) in [5, 5.41) is 0.832. The van der Waals surface area contributed by atoms with Crippen LogP contribution in [0.15, 0.2) is 24.3 Å². The topological polar surface area (TPSA) is 0 Å². The zero-order valence-electron chi connectivity index (χ0n) is 11.5. The van der Waals surface area contributed by atoms with Crippen LogP contribution in [0.2, 0.25) is 5.02 Å². The molecular formula is C16H25ClS. The van der Waals surface area contributed by atoms with Crippen LogP contribution in [-0.4, -0.2) is 11.5 Å². The van der Waals surface area contributed by atoms with Gasteiger partial charge in [0.1, 0.15) is 0 Å². The van der Waals surface area contributed by atoms with Crippen molar-refractivity contribution in [2.45, 2.75) is 51.9 Å². The third kappa shape index (κ3) is 8.05. The van der Waals surface area contributed by atoms with Gasteiger partial charge in [0, 0.05) is 5.02 Å². The van der Waals surface area contributed by atoms with Gasteiger partial charge in [-0.05, 0) is 42.0 Å². The third-order valence-electron chi connectivity index (χ3n) is 3.09. The second-order valence-electron chi connectivity index (χ2n) is 4.76. The van der Waals surface area contributed by atoms with Crippen LogP contribution in [0.3, 0.4) is 0 Å². The Morgan fingerprint density at radius 1 is 0.889 bits per heavy atom. The van der Waals surface area contributed by atoms with E-state index in [0.717, 1.165) is 11.4 Å². The molecule has 0 aromatic heterocycles. The highest BCUT2D eigenvalue weighted by Crippen LogP contribution is 2.14. The van der Waals surface area contributed by atoms with E-state index < -0.39 is 0 Å². The highest BCUT2D eigenvalue weighted by atomic mass is 35.5. The minimum atomic E-state index is 0.832. The minimum absolute atomic E-state index is 0.832. The van der Waals surface area contributed by atoms with Gasteiger partial charge < -0.3 is 0 Å². The van der Waals surface area contributed by atoms with Crippen molar-refractivity contribution < 1.29 is 0 Å². The molecule has 102 valence electrons. The summed E-state index contributed by atoms with van der Waals surface area (Å²) < 4.78 is 0. The van der Waals surface area contributed by atoms with Crippen LogP contribution in [0, 0.1) is 0 Å². The Morgan fingerprint density at radius 3 is 2.28 bits per heavy atom. The molecule has 1 aromatic rings. The summed E-state index contributed by atoms with van der Waals surface area (Å²) in [6, 6.07) is 8.23. The van der Waals surface area contributed by atoms with Gasteiger partial charge in [-0.2, -0.15) is 11.8 Å². The van der Waals surface area contributed by atoms with Crippen LogP contribution in [0.4, 0.5) is 0 Å². The molecule has 18 heavy (non-hydrogen) atoms. The molecule has 0 amide bonds.